The Labute approximate surface area is 112 Å². The van der Waals surface area contributed by atoms with Crippen molar-refractivity contribution in [1.29, 1.82) is 0 Å². The van der Waals surface area contributed by atoms with E-state index in [1.165, 1.54) is 0 Å². The minimum absolute atomic E-state index is 0.330. The van der Waals surface area contributed by atoms with Crippen molar-refractivity contribution in [3.63, 3.8) is 0 Å². The molecule has 0 unspecified atom stereocenters. The van der Waals surface area contributed by atoms with Gasteiger partial charge in [0.1, 0.15) is 11.4 Å². The minimum Gasteiger partial charge on any atom is -0.497 e. The lowest BCUT2D eigenvalue weighted by Crippen LogP contribution is -2.10. The number of carbonyl (C=O) groups excluding carboxylic acids is 1. The number of aromatic nitrogens is 2. The standard InChI is InChI=1S/C14H18N2O3/c1-4-5-8-19-14(17)13-10(2)15-12-9-11(18-3)6-7-16(12)13/h6-7,9H,4-5,8H2,1-3H3. The molecule has 2 rings (SSSR count). The van der Waals surface area contributed by atoms with Gasteiger partial charge in [-0.25, -0.2) is 9.78 Å². The molecule has 0 aliphatic rings. The van der Waals surface area contributed by atoms with Crippen LogP contribution in [0.1, 0.15) is 35.9 Å². The van der Waals surface area contributed by atoms with E-state index in [9.17, 15) is 4.79 Å². The maximum atomic E-state index is 12.1. The molecule has 0 radical (unpaired) electrons. The molecule has 0 atom stereocenters. The van der Waals surface area contributed by atoms with E-state index in [0.29, 0.717) is 29.4 Å². The summed E-state index contributed by atoms with van der Waals surface area (Å²) in [5.41, 5.74) is 1.82. The molecule has 0 spiro atoms. The molecular formula is C14H18N2O3. The lowest BCUT2D eigenvalue weighted by molar-refractivity contribution is 0.0490. The van der Waals surface area contributed by atoms with Crippen molar-refractivity contribution < 1.29 is 14.3 Å². The Bertz CT molecular complexity index is 590. The predicted molar refractivity (Wildman–Crippen MR) is 71.7 cm³/mol. The zero-order valence-corrected chi connectivity index (χ0v) is 11.5. The first-order valence-electron chi connectivity index (χ1n) is 6.37. The second-order valence-electron chi connectivity index (χ2n) is 4.33. The van der Waals surface area contributed by atoms with Gasteiger partial charge in [-0.15, -0.1) is 0 Å². The fourth-order valence-electron chi connectivity index (χ4n) is 1.89. The van der Waals surface area contributed by atoms with Gasteiger partial charge in [0.25, 0.3) is 0 Å². The summed E-state index contributed by atoms with van der Waals surface area (Å²) in [7, 11) is 1.60. The van der Waals surface area contributed by atoms with Crippen molar-refractivity contribution >= 4 is 11.6 Å². The Morgan fingerprint density at radius 1 is 1.47 bits per heavy atom. The molecule has 0 fully saturated rings. The van der Waals surface area contributed by atoms with Gasteiger partial charge < -0.3 is 9.47 Å². The highest BCUT2D eigenvalue weighted by Gasteiger charge is 2.18. The molecule has 0 aliphatic carbocycles. The molecule has 2 heterocycles. The zero-order chi connectivity index (χ0) is 13.8. The van der Waals surface area contributed by atoms with Crippen LogP contribution in [-0.2, 0) is 4.74 Å². The van der Waals surface area contributed by atoms with E-state index in [1.807, 2.05) is 0 Å². The van der Waals surface area contributed by atoms with Gasteiger partial charge in [-0.3, -0.25) is 4.40 Å². The fourth-order valence-corrected chi connectivity index (χ4v) is 1.89. The Balaban J connectivity index is 2.32. The Morgan fingerprint density at radius 2 is 2.26 bits per heavy atom. The summed E-state index contributed by atoms with van der Waals surface area (Å²) >= 11 is 0. The van der Waals surface area contributed by atoms with Gasteiger partial charge in [-0.1, -0.05) is 13.3 Å². The number of ether oxygens (including phenoxy) is 2. The zero-order valence-electron chi connectivity index (χ0n) is 11.5. The van der Waals surface area contributed by atoms with E-state index in [2.05, 4.69) is 11.9 Å². The average molecular weight is 262 g/mol. The van der Waals surface area contributed by atoms with E-state index in [-0.39, 0.29) is 5.97 Å². The molecule has 0 aromatic carbocycles. The quantitative estimate of drug-likeness (QED) is 0.614. The molecular weight excluding hydrogens is 244 g/mol. The summed E-state index contributed by atoms with van der Waals surface area (Å²) in [6.45, 7) is 4.30. The van der Waals surface area contributed by atoms with Gasteiger partial charge in [0.05, 0.1) is 19.4 Å². The normalized spacial score (nSPS) is 10.7. The fraction of sp³-hybridized carbons (Fsp3) is 0.429. The third-order valence-electron chi connectivity index (χ3n) is 2.93. The first-order valence-corrected chi connectivity index (χ1v) is 6.37. The van der Waals surface area contributed by atoms with Crippen LogP contribution in [0.15, 0.2) is 18.3 Å². The number of carbonyl (C=O) groups is 1. The van der Waals surface area contributed by atoms with E-state index in [4.69, 9.17) is 9.47 Å². The molecule has 102 valence electrons. The van der Waals surface area contributed by atoms with Crippen molar-refractivity contribution in [3.05, 3.63) is 29.7 Å². The summed E-state index contributed by atoms with van der Waals surface area (Å²) < 4.78 is 12.1. The molecule has 0 saturated heterocycles. The minimum atomic E-state index is -0.330. The Kier molecular flexibility index (Phi) is 4.04. The lowest BCUT2D eigenvalue weighted by Gasteiger charge is -2.05. The first kappa shape index (κ1) is 13.4. The molecule has 0 bridgehead atoms. The molecule has 2 aromatic heterocycles. The largest absolute Gasteiger partial charge is 0.497 e. The molecule has 0 saturated carbocycles. The summed E-state index contributed by atoms with van der Waals surface area (Å²) in [5.74, 6) is 0.381. The van der Waals surface area contributed by atoms with Gasteiger partial charge in [0, 0.05) is 12.3 Å². The number of methoxy groups -OCH3 is 1. The molecule has 5 nitrogen and oxygen atoms in total. The van der Waals surface area contributed by atoms with Gasteiger partial charge in [-0.05, 0) is 19.4 Å². The molecule has 2 aromatic rings. The van der Waals surface area contributed by atoms with Crippen molar-refractivity contribution in [3.8, 4) is 5.75 Å². The van der Waals surface area contributed by atoms with Crippen LogP contribution in [0.4, 0.5) is 0 Å². The number of pyridine rings is 1. The average Bonchev–Trinajstić information content (AvgIpc) is 2.73. The second kappa shape index (κ2) is 5.73. The van der Waals surface area contributed by atoms with Crippen molar-refractivity contribution in [1.82, 2.24) is 9.38 Å². The van der Waals surface area contributed by atoms with Crippen LogP contribution in [0, 0.1) is 6.92 Å². The van der Waals surface area contributed by atoms with Crippen LogP contribution in [0.5, 0.6) is 5.75 Å². The Morgan fingerprint density at radius 3 is 2.95 bits per heavy atom. The number of hydrogen-bond donors (Lipinski definition) is 0. The van der Waals surface area contributed by atoms with E-state index < -0.39 is 0 Å². The van der Waals surface area contributed by atoms with Crippen LogP contribution in [0.3, 0.4) is 0 Å². The van der Waals surface area contributed by atoms with Crippen molar-refractivity contribution in [2.75, 3.05) is 13.7 Å². The number of imidazole rings is 1. The van der Waals surface area contributed by atoms with Gasteiger partial charge in [0.2, 0.25) is 0 Å². The highest BCUT2D eigenvalue weighted by Crippen LogP contribution is 2.18. The molecule has 0 amide bonds. The summed E-state index contributed by atoms with van der Waals surface area (Å²) in [6.07, 6.45) is 3.64. The van der Waals surface area contributed by atoms with Crippen LogP contribution in [0.2, 0.25) is 0 Å². The number of hydrogen-bond acceptors (Lipinski definition) is 4. The number of rotatable bonds is 5. The van der Waals surface area contributed by atoms with Gasteiger partial charge in [0.15, 0.2) is 5.69 Å². The van der Waals surface area contributed by atoms with Crippen molar-refractivity contribution in [2.24, 2.45) is 0 Å². The third kappa shape index (κ3) is 2.70. The maximum absolute atomic E-state index is 12.1. The summed E-state index contributed by atoms with van der Waals surface area (Å²) in [6, 6.07) is 3.58. The van der Waals surface area contributed by atoms with Crippen LogP contribution >= 0.6 is 0 Å². The van der Waals surface area contributed by atoms with Crippen LogP contribution in [-0.4, -0.2) is 29.1 Å². The lowest BCUT2D eigenvalue weighted by atomic mass is 10.3. The van der Waals surface area contributed by atoms with Crippen LogP contribution in [0.25, 0.3) is 5.65 Å². The highest BCUT2D eigenvalue weighted by molar-refractivity contribution is 5.90. The first-order chi connectivity index (χ1) is 9.17. The number of nitrogens with zero attached hydrogens (tertiary/aromatic N) is 2. The number of unbranched alkanes of at least 4 members (excludes halogenated alkanes) is 1. The molecule has 19 heavy (non-hydrogen) atoms. The predicted octanol–water partition coefficient (Wildman–Crippen LogP) is 2.61. The van der Waals surface area contributed by atoms with Crippen LogP contribution < -0.4 is 4.74 Å². The SMILES string of the molecule is CCCCOC(=O)c1c(C)nc2cc(OC)ccn12. The smallest absolute Gasteiger partial charge is 0.357 e. The highest BCUT2D eigenvalue weighted by atomic mass is 16.5. The number of fused-ring (bicyclic) bond motifs is 1. The second-order valence-corrected chi connectivity index (χ2v) is 4.33. The molecule has 0 aliphatic heterocycles. The van der Waals surface area contributed by atoms with E-state index >= 15 is 0 Å². The van der Waals surface area contributed by atoms with Gasteiger partial charge in [-0.2, -0.15) is 0 Å². The monoisotopic (exact) mass is 262 g/mol. The summed E-state index contributed by atoms with van der Waals surface area (Å²) in [4.78, 5) is 16.4. The van der Waals surface area contributed by atoms with Gasteiger partial charge >= 0.3 is 5.97 Å². The van der Waals surface area contributed by atoms with E-state index in [1.54, 1.807) is 36.8 Å². The topological polar surface area (TPSA) is 52.8 Å². The van der Waals surface area contributed by atoms with E-state index in [0.717, 1.165) is 12.8 Å². The summed E-state index contributed by atoms with van der Waals surface area (Å²) in [5, 5.41) is 0. The molecule has 5 heteroatoms. The third-order valence-corrected chi connectivity index (χ3v) is 2.93. The Hall–Kier alpha value is -2.04. The number of esters is 1. The van der Waals surface area contributed by atoms with Crippen molar-refractivity contribution in [2.45, 2.75) is 26.7 Å². The molecule has 0 N–H and O–H groups in total. The number of aryl methyl sites for hydroxylation is 1. The maximum Gasteiger partial charge on any atom is 0.357 e.